The monoisotopic (exact) mass is 487 g/mol. The number of aliphatic carboxylic acids is 1. The SMILES string of the molecule is C[C@H]1[C@H](OC(=O)CCC(=O)NC(CS)C(=O)O)O[C@@H]2O[C@]3(C)CC[C@H]4[C@H](C)CC[C@@H]1C24OO3. The minimum atomic E-state index is -1.18. The molecule has 5 fully saturated rings. The van der Waals surface area contributed by atoms with Gasteiger partial charge in [0.1, 0.15) is 6.04 Å². The first-order chi connectivity index (χ1) is 15.6. The number of carboxylic acids is 1. The molecule has 2 unspecified atom stereocenters. The summed E-state index contributed by atoms with van der Waals surface area (Å²) in [6.07, 6.45) is 1.54. The van der Waals surface area contributed by atoms with Crippen molar-refractivity contribution < 1.29 is 43.5 Å². The van der Waals surface area contributed by atoms with E-state index >= 15 is 0 Å². The number of thiol groups is 1. The summed E-state index contributed by atoms with van der Waals surface area (Å²) in [4.78, 5) is 47.4. The van der Waals surface area contributed by atoms with Crippen molar-refractivity contribution in [2.24, 2.45) is 23.7 Å². The lowest BCUT2D eigenvalue weighted by molar-refractivity contribution is -0.576. The maximum atomic E-state index is 12.5. The van der Waals surface area contributed by atoms with Gasteiger partial charge in [0.2, 0.25) is 18.0 Å². The van der Waals surface area contributed by atoms with Crippen molar-refractivity contribution in [3.8, 4) is 0 Å². The number of nitrogens with one attached hydrogen (secondary N) is 1. The van der Waals surface area contributed by atoms with Gasteiger partial charge in [-0.1, -0.05) is 13.8 Å². The van der Waals surface area contributed by atoms with E-state index in [1.165, 1.54) is 0 Å². The minimum Gasteiger partial charge on any atom is -0.480 e. The fraction of sp³-hybridized carbons (Fsp3) is 0.864. The van der Waals surface area contributed by atoms with Gasteiger partial charge in [-0.25, -0.2) is 14.6 Å². The van der Waals surface area contributed by atoms with E-state index in [4.69, 9.17) is 29.1 Å². The smallest absolute Gasteiger partial charge is 0.327 e. The third kappa shape index (κ3) is 4.50. The number of carbonyl (C=O) groups is 3. The fourth-order valence-corrected chi connectivity index (χ4v) is 6.11. The van der Waals surface area contributed by atoms with E-state index in [1.54, 1.807) is 0 Å². The van der Waals surface area contributed by atoms with Gasteiger partial charge in [0.25, 0.3) is 0 Å². The van der Waals surface area contributed by atoms with Gasteiger partial charge < -0.3 is 24.6 Å². The molecule has 2 N–H and O–H groups in total. The molecule has 9 atom stereocenters. The van der Waals surface area contributed by atoms with Crippen molar-refractivity contribution in [3.63, 3.8) is 0 Å². The molecule has 2 bridgehead atoms. The highest BCUT2D eigenvalue weighted by molar-refractivity contribution is 7.80. The standard InChI is InChI=1S/C22H33NO9S/c1-11-4-5-14-12(2)19(28-17(25)7-6-16(24)23-15(10-33)18(26)27)29-20-22(14)13(11)8-9-21(3,30-20)31-32-22/h11-15,19-20,33H,4-10H2,1-3H3,(H,23,24)(H,26,27)/t11-,12-,13+,14+,15?,19-,20-,21+,22?/m1/s1. The summed E-state index contributed by atoms with van der Waals surface area (Å²) in [6, 6.07) is -1.11. The van der Waals surface area contributed by atoms with Crippen LogP contribution in [0.25, 0.3) is 0 Å². The topological polar surface area (TPSA) is 130 Å². The second-order valence-electron chi connectivity index (χ2n) is 9.90. The van der Waals surface area contributed by atoms with Crippen LogP contribution < -0.4 is 5.32 Å². The molecule has 5 aliphatic rings. The highest BCUT2D eigenvalue weighted by Crippen LogP contribution is 2.60. The Morgan fingerprint density at radius 2 is 1.91 bits per heavy atom. The van der Waals surface area contributed by atoms with Crippen molar-refractivity contribution in [2.45, 2.75) is 89.3 Å². The maximum Gasteiger partial charge on any atom is 0.327 e. The van der Waals surface area contributed by atoms with Crippen molar-refractivity contribution in [1.82, 2.24) is 5.32 Å². The zero-order chi connectivity index (χ0) is 24.0. The number of hydrogen-bond acceptors (Lipinski definition) is 9. The Labute approximate surface area is 198 Å². The van der Waals surface area contributed by atoms with E-state index < -0.39 is 47.9 Å². The van der Waals surface area contributed by atoms with Crippen molar-refractivity contribution >= 4 is 30.5 Å². The molecule has 33 heavy (non-hydrogen) atoms. The van der Waals surface area contributed by atoms with Crippen LogP contribution in [0.1, 0.15) is 59.3 Å². The minimum absolute atomic E-state index is 0.0212. The number of rotatable bonds is 7. The molecule has 1 saturated carbocycles. The molecule has 1 amide bonds. The zero-order valence-corrected chi connectivity index (χ0v) is 20.0. The van der Waals surface area contributed by atoms with E-state index in [0.717, 1.165) is 19.3 Å². The average Bonchev–Trinajstić information content (AvgIpc) is 3.00. The van der Waals surface area contributed by atoms with Crippen LogP contribution in [0.3, 0.4) is 0 Å². The lowest BCUT2D eigenvalue weighted by Crippen LogP contribution is -2.70. The van der Waals surface area contributed by atoms with Crippen LogP contribution >= 0.6 is 12.6 Å². The normalized spacial score (nSPS) is 42.5. The molecule has 0 aromatic carbocycles. The highest BCUT2D eigenvalue weighted by Gasteiger charge is 2.69. The summed E-state index contributed by atoms with van der Waals surface area (Å²) in [7, 11) is 0. The largest absolute Gasteiger partial charge is 0.480 e. The number of ether oxygens (including phenoxy) is 3. The Morgan fingerprint density at radius 3 is 2.61 bits per heavy atom. The van der Waals surface area contributed by atoms with Crippen molar-refractivity contribution in [2.75, 3.05) is 5.75 Å². The third-order valence-electron chi connectivity index (χ3n) is 7.72. The van der Waals surface area contributed by atoms with Gasteiger partial charge in [0.15, 0.2) is 11.9 Å². The maximum absolute atomic E-state index is 12.5. The summed E-state index contributed by atoms with van der Waals surface area (Å²) >= 11 is 3.90. The lowest BCUT2D eigenvalue weighted by atomic mass is 9.58. The Hall–Kier alpha value is -1.40. The van der Waals surface area contributed by atoms with Gasteiger partial charge in [-0.3, -0.25) is 9.59 Å². The second kappa shape index (κ2) is 9.33. The number of amides is 1. The predicted octanol–water partition coefficient (Wildman–Crippen LogP) is 2.02. The van der Waals surface area contributed by atoms with Gasteiger partial charge in [0, 0.05) is 30.4 Å². The quantitative estimate of drug-likeness (QED) is 0.280. The first kappa shape index (κ1) is 24.7. The molecule has 1 spiro atoms. The number of hydrogen-bond donors (Lipinski definition) is 3. The van der Waals surface area contributed by atoms with Gasteiger partial charge in [0.05, 0.1) is 6.42 Å². The van der Waals surface area contributed by atoms with Gasteiger partial charge in [-0.15, -0.1) is 0 Å². The van der Waals surface area contributed by atoms with Crippen LogP contribution in [0.15, 0.2) is 0 Å². The number of carboxylic acid groups (broad SMARTS) is 1. The van der Waals surface area contributed by atoms with E-state index in [0.29, 0.717) is 12.3 Å². The summed E-state index contributed by atoms with van der Waals surface area (Å²) in [5.74, 6) is -2.81. The predicted molar refractivity (Wildman–Crippen MR) is 116 cm³/mol. The summed E-state index contributed by atoms with van der Waals surface area (Å²) in [5.41, 5.74) is -0.741. The van der Waals surface area contributed by atoms with Crippen LogP contribution in [0.2, 0.25) is 0 Å². The Morgan fingerprint density at radius 1 is 1.15 bits per heavy atom. The zero-order valence-electron chi connectivity index (χ0n) is 19.2. The first-order valence-electron chi connectivity index (χ1n) is 11.6. The summed E-state index contributed by atoms with van der Waals surface area (Å²) in [5, 5.41) is 11.3. The lowest BCUT2D eigenvalue weighted by Gasteiger charge is -2.59. The van der Waals surface area contributed by atoms with Crippen LogP contribution in [0.4, 0.5) is 0 Å². The number of carbonyl (C=O) groups excluding carboxylic acids is 2. The highest BCUT2D eigenvalue weighted by atomic mass is 32.1. The van der Waals surface area contributed by atoms with Gasteiger partial charge in [-0.05, 0) is 38.0 Å². The van der Waals surface area contributed by atoms with E-state index in [2.05, 4.69) is 24.9 Å². The molecule has 0 aromatic heterocycles. The van der Waals surface area contributed by atoms with Crippen molar-refractivity contribution in [3.05, 3.63) is 0 Å². The Balaban J connectivity index is 1.41. The molecule has 11 heteroatoms. The molecular formula is C22H33NO9S. The molecule has 186 valence electrons. The summed E-state index contributed by atoms with van der Waals surface area (Å²) < 4.78 is 18.0. The summed E-state index contributed by atoms with van der Waals surface area (Å²) in [6.45, 7) is 6.02. The number of fused-ring (bicyclic) bond motifs is 2. The molecule has 10 nitrogen and oxygen atoms in total. The van der Waals surface area contributed by atoms with E-state index in [-0.39, 0.29) is 36.3 Å². The fourth-order valence-electron chi connectivity index (χ4n) is 5.86. The third-order valence-corrected chi connectivity index (χ3v) is 8.08. The molecule has 0 radical (unpaired) electrons. The van der Waals surface area contributed by atoms with Gasteiger partial charge >= 0.3 is 11.9 Å². The molecule has 4 saturated heterocycles. The average molecular weight is 488 g/mol. The molecule has 5 rings (SSSR count). The number of esters is 1. The second-order valence-corrected chi connectivity index (χ2v) is 10.3. The Bertz CT molecular complexity index is 796. The van der Waals surface area contributed by atoms with Crippen LogP contribution in [-0.4, -0.2) is 58.7 Å². The molecule has 1 aliphatic carbocycles. The first-order valence-corrected chi connectivity index (χ1v) is 12.3. The van der Waals surface area contributed by atoms with E-state index in [9.17, 15) is 14.4 Å². The van der Waals surface area contributed by atoms with Crippen LogP contribution in [0.5, 0.6) is 0 Å². The van der Waals surface area contributed by atoms with E-state index in [1.807, 2.05) is 13.8 Å². The molecule has 4 heterocycles. The molecule has 4 aliphatic heterocycles. The van der Waals surface area contributed by atoms with Crippen LogP contribution in [0, 0.1) is 23.7 Å². The van der Waals surface area contributed by atoms with Crippen LogP contribution in [-0.2, 0) is 38.4 Å². The van der Waals surface area contributed by atoms with Crippen molar-refractivity contribution in [1.29, 1.82) is 0 Å². The Kier molecular flexibility index (Phi) is 6.99. The van der Waals surface area contributed by atoms with Gasteiger partial charge in [-0.2, -0.15) is 12.6 Å². The molecular weight excluding hydrogens is 454 g/mol. The molecule has 0 aromatic rings.